The first kappa shape index (κ1) is 18.5. The van der Waals surface area contributed by atoms with Crippen LogP contribution in [-0.2, 0) is 16.0 Å². The largest absolute Gasteiger partial charge is 0.479 e. The fraction of sp³-hybridized carbons (Fsp3) is 0.263. The summed E-state index contributed by atoms with van der Waals surface area (Å²) in [5, 5.41) is 3.67. The summed E-state index contributed by atoms with van der Waals surface area (Å²) in [7, 11) is 0. The number of ether oxygens (including phenoxy) is 1. The molecule has 136 valence electrons. The van der Waals surface area contributed by atoms with Crippen LogP contribution in [0.1, 0.15) is 19.4 Å². The van der Waals surface area contributed by atoms with Crippen molar-refractivity contribution in [3.05, 3.63) is 52.0 Å². The Bertz CT molecular complexity index is 870. The highest BCUT2D eigenvalue weighted by molar-refractivity contribution is 6.35. The smallest absolute Gasteiger partial charge is 0.265 e. The van der Waals surface area contributed by atoms with Crippen LogP contribution in [-0.4, -0.2) is 24.5 Å². The molecule has 2 aromatic carbocycles. The average molecular weight is 393 g/mol. The highest BCUT2D eigenvalue weighted by Crippen LogP contribution is 2.31. The van der Waals surface area contributed by atoms with Crippen molar-refractivity contribution >= 4 is 46.4 Å². The zero-order valence-corrected chi connectivity index (χ0v) is 15.9. The molecular weight excluding hydrogens is 375 g/mol. The predicted octanol–water partition coefficient (Wildman–Crippen LogP) is 4.31. The van der Waals surface area contributed by atoms with Gasteiger partial charge in [-0.2, -0.15) is 0 Å². The zero-order chi connectivity index (χ0) is 18.8. The van der Waals surface area contributed by atoms with Crippen molar-refractivity contribution in [3.8, 4) is 5.75 Å². The third-order valence-electron chi connectivity index (χ3n) is 4.19. The number of carbonyl (C=O) groups excluding carboxylic acids is 2. The highest BCUT2D eigenvalue weighted by atomic mass is 35.5. The van der Waals surface area contributed by atoms with Gasteiger partial charge in [0.25, 0.3) is 5.91 Å². The molecule has 2 aromatic rings. The molecule has 0 saturated carbocycles. The van der Waals surface area contributed by atoms with Crippen molar-refractivity contribution in [2.24, 2.45) is 0 Å². The molecule has 1 atom stereocenters. The molecule has 0 bridgehead atoms. The quantitative estimate of drug-likeness (QED) is 0.842. The van der Waals surface area contributed by atoms with Crippen LogP contribution >= 0.6 is 23.2 Å². The maximum atomic E-state index is 12.4. The molecule has 0 spiro atoms. The topological polar surface area (TPSA) is 58.6 Å². The number of fused-ring (bicyclic) bond motifs is 1. The molecule has 5 nitrogen and oxygen atoms in total. The lowest BCUT2D eigenvalue weighted by molar-refractivity contribution is -0.122. The summed E-state index contributed by atoms with van der Waals surface area (Å²) in [5.74, 6) is 0.115. The molecule has 1 aliphatic heterocycles. The number of anilines is 2. The van der Waals surface area contributed by atoms with Crippen molar-refractivity contribution in [2.75, 3.05) is 16.8 Å². The SMILES string of the molecule is CC(=O)N1CCc2cc(NC(=O)C(C)Oc3ccc(Cl)cc3Cl)ccc21. The van der Waals surface area contributed by atoms with E-state index in [0.29, 0.717) is 28.0 Å². The van der Waals surface area contributed by atoms with Gasteiger partial charge in [0.2, 0.25) is 5.91 Å². The summed E-state index contributed by atoms with van der Waals surface area (Å²) in [6.45, 7) is 3.85. The van der Waals surface area contributed by atoms with Gasteiger partial charge in [0.1, 0.15) is 5.75 Å². The Morgan fingerprint density at radius 1 is 1.19 bits per heavy atom. The summed E-state index contributed by atoms with van der Waals surface area (Å²) >= 11 is 11.9. The molecule has 0 aromatic heterocycles. The van der Waals surface area contributed by atoms with Gasteiger partial charge in [-0.15, -0.1) is 0 Å². The van der Waals surface area contributed by atoms with Crippen molar-refractivity contribution in [1.29, 1.82) is 0 Å². The monoisotopic (exact) mass is 392 g/mol. The van der Waals surface area contributed by atoms with Gasteiger partial charge in [0.15, 0.2) is 6.10 Å². The fourth-order valence-electron chi connectivity index (χ4n) is 2.87. The second-order valence-electron chi connectivity index (χ2n) is 6.09. The van der Waals surface area contributed by atoms with Gasteiger partial charge in [-0.05, 0) is 55.3 Å². The Balaban J connectivity index is 1.67. The van der Waals surface area contributed by atoms with Crippen LogP contribution in [0, 0.1) is 0 Å². The number of benzene rings is 2. The standard InChI is InChI=1S/C19H18Cl2N2O3/c1-11(26-18-6-3-14(20)10-16(18)21)19(25)22-15-4-5-17-13(9-15)7-8-23(17)12(2)24/h3-6,9-11H,7-8H2,1-2H3,(H,22,25). The average Bonchev–Trinajstić information content (AvgIpc) is 3.00. The van der Waals surface area contributed by atoms with E-state index in [0.717, 1.165) is 17.7 Å². The number of nitrogens with one attached hydrogen (secondary N) is 1. The second kappa shape index (κ2) is 7.56. The molecule has 1 heterocycles. The van der Waals surface area contributed by atoms with E-state index >= 15 is 0 Å². The fourth-order valence-corrected chi connectivity index (χ4v) is 3.32. The van der Waals surface area contributed by atoms with Gasteiger partial charge in [-0.1, -0.05) is 23.2 Å². The Labute approximate surface area is 161 Å². The van der Waals surface area contributed by atoms with Gasteiger partial charge in [-0.25, -0.2) is 0 Å². The van der Waals surface area contributed by atoms with Crippen LogP contribution in [0.3, 0.4) is 0 Å². The molecule has 0 fully saturated rings. The number of carbonyl (C=O) groups is 2. The molecule has 1 unspecified atom stereocenters. The first-order chi connectivity index (χ1) is 12.3. The summed E-state index contributed by atoms with van der Waals surface area (Å²) in [6, 6.07) is 10.3. The van der Waals surface area contributed by atoms with Crippen molar-refractivity contribution in [2.45, 2.75) is 26.4 Å². The number of hydrogen-bond acceptors (Lipinski definition) is 3. The molecule has 0 saturated heterocycles. The molecule has 0 radical (unpaired) electrons. The van der Waals surface area contributed by atoms with E-state index in [9.17, 15) is 9.59 Å². The first-order valence-corrected chi connectivity index (χ1v) is 8.94. The highest BCUT2D eigenvalue weighted by Gasteiger charge is 2.23. The summed E-state index contributed by atoms with van der Waals surface area (Å²) in [5.41, 5.74) is 2.59. The third kappa shape index (κ3) is 3.94. The number of halogens is 2. The maximum absolute atomic E-state index is 12.4. The minimum atomic E-state index is -0.740. The molecule has 0 aliphatic carbocycles. The number of hydrogen-bond donors (Lipinski definition) is 1. The number of nitrogens with zero attached hydrogens (tertiary/aromatic N) is 1. The van der Waals surface area contributed by atoms with E-state index < -0.39 is 6.10 Å². The minimum absolute atomic E-state index is 0.0161. The van der Waals surface area contributed by atoms with Crippen molar-refractivity contribution < 1.29 is 14.3 Å². The predicted molar refractivity (Wildman–Crippen MR) is 103 cm³/mol. The van der Waals surface area contributed by atoms with Gasteiger partial charge in [0, 0.05) is 29.9 Å². The van der Waals surface area contributed by atoms with E-state index in [1.54, 1.807) is 43.0 Å². The third-order valence-corrected chi connectivity index (χ3v) is 4.72. The lowest BCUT2D eigenvalue weighted by atomic mass is 10.1. The van der Waals surface area contributed by atoms with E-state index in [1.165, 1.54) is 0 Å². The van der Waals surface area contributed by atoms with Crippen LogP contribution in [0.25, 0.3) is 0 Å². The first-order valence-electron chi connectivity index (χ1n) is 8.19. The van der Waals surface area contributed by atoms with Crippen LogP contribution in [0.2, 0.25) is 10.0 Å². The van der Waals surface area contributed by atoms with E-state index in [-0.39, 0.29) is 11.8 Å². The molecule has 3 rings (SSSR count). The van der Waals surface area contributed by atoms with Crippen LogP contribution in [0.5, 0.6) is 5.75 Å². The normalized spacial score (nSPS) is 13.9. The van der Waals surface area contributed by atoms with E-state index in [2.05, 4.69) is 5.32 Å². The van der Waals surface area contributed by atoms with Crippen molar-refractivity contribution in [1.82, 2.24) is 0 Å². The number of amides is 2. The summed E-state index contributed by atoms with van der Waals surface area (Å²) in [6.07, 6.45) is 0.0288. The lowest BCUT2D eigenvalue weighted by Crippen LogP contribution is -2.30. The molecule has 7 heteroatoms. The summed E-state index contributed by atoms with van der Waals surface area (Å²) in [4.78, 5) is 25.7. The molecule has 1 aliphatic rings. The second-order valence-corrected chi connectivity index (χ2v) is 6.93. The van der Waals surface area contributed by atoms with Gasteiger partial charge < -0.3 is 15.0 Å². The van der Waals surface area contributed by atoms with E-state index in [4.69, 9.17) is 27.9 Å². The van der Waals surface area contributed by atoms with Crippen molar-refractivity contribution in [3.63, 3.8) is 0 Å². The minimum Gasteiger partial charge on any atom is -0.479 e. The maximum Gasteiger partial charge on any atom is 0.265 e. The van der Waals surface area contributed by atoms with Crippen LogP contribution in [0.4, 0.5) is 11.4 Å². The summed E-state index contributed by atoms with van der Waals surface area (Å²) < 4.78 is 5.62. The van der Waals surface area contributed by atoms with Crippen LogP contribution < -0.4 is 15.0 Å². The molecule has 2 amide bonds. The Morgan fingerprint density at radius 2 is 1.96 bits per heavy atom. The zero-order valence-electron chi connectivity index (χ0n) is 14.4. The van der Waals surface area contributed by atoms with Gasteiger partial charge in [-0.3, -0.25) is 9.59 Å². The lowest BCUT2D eigenvalue weighted by Gasteiger charge is -2.17. The molecular formula is C19H18Cl2N2O3. The Morgan fingerprint density at radius 3 is 2.65 bits per heavy atom. The Kier molecular flexibility index (Phi) is 5.39. The van der Waals surface area contributed by atoms with Crippen LogP contribution in [0.15, 0.2) is 36.4 Å². The molecule has 26 heavy (non-hydrogen) atoms. The van der Waals surface area contributed by atoms with E-state index in [1.807, 2.05) is 12.1 Å². The van der Waals surface area contributed by atoms with Gasteiger partial charge >= 0.3 is 0 Å². The van der Waals surface area contributed by atoms with Gasteiger partial charge in [0.05, 0.1) is 5.02 Å². The Hall–Kier alpha value is -2.24. The number of rotatable bonds is 4. The molecule has 1 N–H and O–H groups in total.